The first-order chi connectivity index (χ1) is 13.3. The molecule has 1 N–H and O–H groups in total. The van der Waals surface area contributed by atoms with Crippen LogP contribution in [0.3, 0.4) is 0 Å². The average molecular weight is 404 g/mol. The van der Waals surface area contributed by atoms with Crippen molar-refractivity contribution in [3.8, 4) is 0 Å². The monoisotopic (exact) mass is 403 g/mol. The third-order valence-corrected chi connectivity index (χ3v) is 5.60. The lowest BCUT2D eigenvalue weighted by Gasteiger charge is -2.23. The fourth-order valence-corrected chi connectivity index (χ4v) is 4.05. The molecule has 152 valence electrons. The van der Waals surface area contributed by atoms with E-state index in [1.165, 1.54) is 5.56 Å². The fourth-order valence-electron chi connectivity index (χ4n) is 4.05. The zero-order valence-electron chi connectivity index (χ0n) is 16.3. The summed E-state index contributed by atoms with van der Waals surface area (Å²) in [5.74, 6) is 0.0686. The van der Waals surface area contributed by atoms with Gasteiger partial charge in [0, 0.05) is 45.5 Å². The zero-order valence-corrected chi connectivity index (χ0v) is 17.1. The van der Waals surface area contributed by atoms with Gasteiger partial charge in [-0.15, -0.1) is 12.4 Å². The zero-order chi connectivity index (χ0) is 18.5. The number of benzene rings is 1. The van der Waals surface area contributed by atoms with Gasteiger partial charge in [-0.05, 0) is 37.4 Å². The van der Waals surface area contributed by atoms with E-state index in [4.69, 9.17) is 0 Å². The Morgan fingerprint density at radius 3 is 2.71 bits per heavy atom. The number of carbonyl (C=O) groups excluding carboxylic acids is 1. The van der Waals surface area contributed by atoms with Crippen molar-refractivity contribution >= 4 is 18.3 Å². The molecule has 1 aromatic carbocycles. The molecule has 4 rings (SSSR count). The predicted octanol–water partition coefficient (Wildman–Crippen LogP) is 2.58. The average Bonchev–Trinajstić information content (AvgIpc) is 3.10. The molecule has 2 aromatic rings. The highest BCUT2D eigenvalue weighted by Crippen LogP contribution is 2.17. The van der Waals surface area contributed by atoms with E-state index in [0.717, 1.165) is 65.1 Å². The van der Waals surface area contributed by atoms with Gasteiger partial charge in [0.1, 0.15) is 5.69 Å². The Labute approximate surface area is 173 Å². The SMILES string of the molecule is Cl.O=C(c1ccn(C2CCCNC2)n1)N1CCCN(Cc2ccccc2)CC1. The van der Waals surface area contributed by atoms with Crippen molar-refractivity contribution in [1.82, 2.24) is 24.9 Å². The molecule has 2 aliphatic heterocycles. The van der Waals surface area contributed by atoms with Gasteiger partial charge in [0.15, 0.2) is 0 Å². The van der Waals surface area contributed by atoms with Crippen molar-refractivity contribution in [3.63, 3.8) is 0 Å². The topological polar surface area (TPSA) is 53.4 Å². The lowest BCUT2D eigenvalue weighted by molar-refractivity contribution is 0.0753. The maximum Gasteiger partial charge on any atom is 0.274 e. The van der Waals surface area contributed by atoms with Crippen molar-refractivity contribution in [2.75, 3.05) is 39.3 Å². The van der Waals surface area contributed by atoms with E-state index in [1.54, 1.807) is 0 Å². The predicted molar refractivity (Wildman–Crippen MR) is 113 cm³/mol. The second-order valence-corrected chi connectivity index (χ2v) is 7.59. The largest absolute Gasteiger partial charge is 0.336 e. The van der Waals surface area contributed by atoms with Crippen LogP contribution in [0.2, 0.25) is 0 Å². The summed E-state index contributed by atoms with van der Waals surface area (Å²) in [7, 11) is 0. The summed E-state index contributed by atoms with van der Waals surface area (Å²) in [6.07, 6.45) is 5.26. The maximum atomic E-state index is 12.9. The molecule has 0 radical (unpaired) electrons. The Morgan fingerprint density at radius 2 is 1.93 bits per heavy atom. The molecule has 2 saturated heterocycles. The normalized spacial score (nSPS) is 21.0. The first-order valence-corrected chi connectivity index (χ1v) is 10.1. The molecule has 0 saturated carbocycles. The molecule has 1 amide bonds. The summed E-state index contributed by atoms with van der Waals surface area (Å²) < 4.78 is 1.97. The standard InChI is InChI=1S/C21H29N5O.ClH/c27-21(20-9-13-26(23-20)19-8-4-10-22-16-19)25-12-5-11-24(14-15-25)17-18-6-2-1-3-7-18;/h1-3,6-7,9,13,19,22H,4-5,8,10-12,14-17H2;1H. The van der Waals surface area contributed by atoms with Gasteiger partial charge in [0.2, 0.25) is 0 Å². The Kier molecular flexibility index (Phi) is 7.48. The molecule has 7 heteroatoms. The quantitative estimate of drug-likeness (QED) is 0.852. The molecule has 3 heterocycles. The summed E-state index contributed by atoms with van der Waals surface area (Å²) in [4.78, 5) is 17.3. The summed E-state index contributed by atoms with van der Waals surface area (Å²) in [6.45, 7) is 6.48. The molecule has 2 aliphatic rings. The first-order valence-electron chi connectivity index (χ1n) is 10.1. The molecule has 0 bridgehead atoms. The fraction of sp³-hybridized carbons (Fsp3) is 0.524. The Bertz CT molecular complexity index is 744. The Hall–Kier alpha value is -1.89. The molecule has 1 atom stereocenters. The van der Waals surface area contributed by atoms with Crippen molar-refractivity contribution < 1.29 is 4.79 Å². The lowest BCUT2D eigenvalue weighted by atomic mass is 10.1. The van der Waals surface area contributed by atoms with Crippen molar-refractivity contribution in [2.45, 2.75) is 31.8 Å². The van der Waals surface area contributed by atoms with Crippen LogP contribution in [-0.4, -0.2) is 64.8 Å². The van der Waals surface area contributed by atoms with Crippen LogP contribution in [0.25, 0.3) is 0 Å². The Morgan fingerprint density at radius 1 is 1.07 bits per heavy atom. The summed E-state index contributed by atoms with van der Waals surface area (Å²) in [5.41, 5.74) is 1.91. The van der Waals surface area contributed by atoms with Gasteiger partial charge >= 0.3 is 0 Å². The molecular weight excluding hydrogens is 374 g/mol. The van der Waals surface area contributed by atoms with Crippen LogP contribution >= 0.6 is 12.4 Å². The third-order valence-electron chi connectivity index (χ3n) is 5.60. The number of aromatic nitrogens is 2. The van der Waals surface area contributed by atoms with E-state index in [2.05, 4.69) is 45.6 Å². The Balaban J connectivity index is 0.00000225. The van der Waals surface area contributed by atoms with Crippen LogP contribution in [0.4, 0.5) is 0 Å². The molecule has 1 aromatic heterocycles. The maximum absolute atomic E-state index is 12.9. The van der Waals surface area contributed by atoms with Gasteiger partial charge in [0.25, 0.3) is 5.91 Å². The van der Waals surface area contributed by atoms with E-state index in [0.29, 0.717) is 11.7 Å². The minimum Gasteiger partial charge on any atom is -0.336 e. The van der Waals surface area contributed by atoms with Crippen molar-refractivity contribution in [1.29, 1.82) is 0 Å². The van der Waals surface area contributed by atoms with Crippen LogP contribution in [0.15, 0.2) is 42.6 Å². The van der Waals surface area contributed by atoms with Crippen LogP contribution in [0.5, 0.6) is 0 Å². The van der Waals surface area contributed by atoms with Crippen molar-refractivity contribution in [2.24, 2.45) is 0 Å². The summed E-state index contributed by atoms with van der Waals surface area (Å²) in [5, 5.41) is 8.00. The first kappa shape index (κ1) is 20.8. The van der Waals surface area contributed by atoms with Gasteiger partial charge in [-0.2, -0.15) is 5.10 Å². The van der Waals surface area contributed by atoms with Gasteiger partial charge in [-0.25, -0.2) is 0 Å². The van der Waals surface area contributed by atoms with Gasteiger partial charge in [-0.1, -0.05) is 30.3 Å². The van der Waals surface area contributed by atoms with Gasteiger partial charge < -0.3 is 10.2 Å². The number of nitrogens with zero attached hydrogens (tertiary/aromatic N) is 4. The highest BCUT2D eigenvalue weighted by atomic mass is 35.5. The minimum absolute atomic E-state index is 0. The highest BCUT2D eigenvalue weighted by Gasteiger charge is 2.23. The second-order valence-electron chi connectivity index (χ2n) is 7.59. The van der Waals surface area contributed by atoms with Crippen molar-refractivity contribution in [3.05, 3.63) is 53.9 Å². The van der Waals surface area contributed by atoms with E-state index >= 15 is 0 Å². The van der Waals surface area contributed by atoms with E-state index < -0.39 is 0 Å². The highest BCUT2D eigenvalue weighted by molar-refractivity contribution is 5.92. The molecule has 28 heavy (non-hydrogen) atoms. The second kappa shape index (κ2) is 10.0. The van der Waals surface area contributed by atoms with E-state index in [1.807, 2.05) is 21.8 Å². The van der Waals surface area contributed by atoms with Crippen LogP contribution in [0, 0.1) is 0 Å². The lowest BCUT2D eigenvalue weighted by Crippen LogP contribution is -2.35. The molecule has 6 nitrogen and oxygen atoms in total. The molecular formula is C21H30ClN5O. The smallest absolute Gasteiger partial charge is 0.274 e. The van der Waals surface area contributed by atoms with E-state index in [9.17, 15) is 4.79 Å². The molecule has 2 fully saturated rings. The van der Waals surface area contributed by atoms with Crippen LogP contribution in [-0.2, 0) is 6.54 Å². The minimum atomic E-state index is 0. The van der Waals surface area contributed by atoms with Crippen LogP contribution in [0.1, 0.15) is 41.4 Å². The van der Waals surface area contributed by atoms with Gasteiger partial charge in [-0.3, -0.25) is 14.4 Å². The number of halogens is 1. The summed E-state index contributed by atoms with van der Waals surface area (Å²) >= 11 is 0. The number of piperidine rings is 1. The number of hydrogen-bond donors (Lipinski definition) is 1. The molecule has 0 aliphatic carbocycles. The molecule has 0 spiro atoms. The molecule has 1 unspecified atom stereocenters. The number of rotatable bonds is 4. The van der Waals surface area contributed by atoms with Gasteiger partial charge in [0.05, 0.1) is 6.04 Å². The number of hydrogen-bond acceptors (Lipinski definition) is 4. The number of carbonyl (C=O) groups is 1. The van der Waals surface area contributed by atoms with Crippen LogP contribution < -0.4 is 5.32 Å². The number of amides is 1. The number of nitrogens with one attached hydrogen (secondary N) is 1. The third kappa shape index (κ3) is 5.13. The summed E-state index contributed by atoms with van der Waals surface area (Å²) in [6, 6.07) is 12.8. The van der Waals surface area contributed by atoms with E-state index in [-0.39, 0.29) is 18.3 Å².